The van der Waals surface area contributed by atoms with Gasteiger partial charge in [-0.15, -0.1) is 11.8 Å². The van der Waals surface area contributed by atoms with E-state index in [1.54, 1.807) is 23.9 Å². The molecule has 0 saturated carbocycles. The number of benzene rings is 1. The van der Waals surface area contributed by atoms with Crippen LogP contribution >= 0.6 is 23.4 Å². The summed E-state index contributed by atoms with van der Waals surface area (Å²) in [5.41, 5.74) is 2.08. The summed E-state index contributed by atoms with van der Waals surface area (Å²) in [5.74, 6) is 0.831. The minimum Gasteiger partial charge on any atom is -0.352 e. The van der Waals surface area contributed by atoms with E-state index in [-0.39, 0.29) is 0 Å². The minimum atomic E-state index is -4.43. The van der Waals surface area contributed by atoms with E-state index in [1.807, 2.05) is 25.1 Å². The average Bonchev–Trinajstić information content (AvgIpc) is 3.03. The summed E-state index contributed by atoms with van der Waals surface area (Å²) >= 11 is 7.68. The van der Waals surface area contributed by atoms with Crippen LogP contribution in [0.1, 0.15) is 12.5 Å². The number of rotatable bonds is 3. The molecule has 0 aliphatic heterocycles. The topological polar surface area (TPSA) is 41.6 Å². The van der Waals surface area contributed by atoms with Crippen LogP contribution in [0.2, 0.25) is 5.02 Å². The Hall–Kier alpha value is -2.25. The van der Waals surface area contributed by atoms with Gasteiger partial charge in [0.25, 0.3) is 0 Å². The van der Waals surface area contributed by atoms with Gasteiger partial charge in [0.2, 0.25) is 0 Å². The smallest absolute Gasteiger partial charge is 0.352 e. The van der Waals surface area contributed by atoms with Gasteiger partial charge in [-0.05, 0) is 42.2 Å². The lowest BCUT2D eigenvalue weighted by molar-refractivity contribution is -0.137. The van der Waals surface area contributed by atoms with Crippen molar-refractivity contribution in [2.75, 3.05) is 5.75 Å². The molecule has 0 aliphatic rings. The van der Waals surface area contributed by atoms with E-state index in [0.29, 0.717) is 27.4 Å². The molecule has 138 valence electrons. The van der Waals surface area contributed by atoms with Crippen LogP contribution in [0.15, 0.2) is 47.5 Å². The Bertz CT molecular complexity index is 1150. The Labute approximate surface area is 162 Å². The summed E-state index contributed by atoms with van der Waals surface area (Å²) in [6, 6.07) is 10.2. The van der Waals surface area contributed by atoms with Crippen LogP contribution in [0.4, 0.5) is 13.2 Å². The molecule has 4 aromatic rings. The maximum absolute atomic E-state index is 12.9. The van der Waals surface area contributed by atoms with Crippen molar-refractivity contribution in [1.29, 1.82) is 0 Å². The molecule has 0 amide bonds. The molecule has 3 nitrogen and oxygen atoms in total. The monoisotopic (exact) mass is 407 g/mol. The standard InChI is InChI=1S/C19H13ClF3N3S/c1-2-27-17-6-10-5-12(20)3-4-13(10)26-18(17)16-8-14-15(25-16)7-11(9-24-14)19(21,22)23/h3-9,25H,2H2,1H3. The molecule has 0 fully saturated rings. The van der Waals surface area contributed by atoms with Gasteiger partial charge >= 0.3 is 6.18 Å². The van der Waals surface area contributed by atoms with Crippen LogP contribution in [-0.2, 0) is 6.18 Å². The van der Waals surface area contributed by atoms with Crippen LogP contribution in [0, 0.1) is 0 Å². The molecule has 0 atom stereocenters. The molecular weight excluding hydrogens is 395 g/mol. The Kier molecular flexibility index (Phi) is 4.52. The number of aromatic nitrogens is 3. The largest absolute Gasteiger partial charge is 0.417 e. The van der Waals surface area contributed by atoms with Crippen molar-refractivity contribution in [2.45, 2.75) is 18.0 Å². The molecule has 1 aromatic carbocycles. The van der Waals surface area contributed by atoms with Gasteiger partial charge < -0.3 is 4.98 Å². The molecule has 8 heteroatoms. The van der Waals surface area contributed by atoms with E-state index in [0.717, 1.165) is 33.8 Å². The second-order valence-electron chi connectivity index (χ2n) is 5.94. The van der Waals surface area contributed by atoms with E-state index < -0.39 is 11.7 Å². The first-order valence-corrected chi connectivity index (χ1v) is 9.51. The number of pyridine rings is 2. The van der Waals surface area contributed by atoms with Gasteiger partial charge in [0, 0.05) is 21.5 Å². The lowest BCUT2D eigenvalue weighted by atomic mass is 10.2. The zero-order valence-corrected chi connectivity index (χ0v) is 15.6. The van der Waals surface area contributed by atoms with E-state index >= 15 is 0 Å². The van der Waals surface area contributed by atoms with E-state index in [9.17, 15) is 13.2 Å². The van der Waals surface area contributed by atoms with Crippen LogP contribution in [0.5, 0.6) is 0 Å². The lowest BCUT2D eigenvalue weighted by Gasteiger charge is -2.09. The molecule has 0 aliphatic carbocycles. The van der Waals surface area contributed by atoms with Gasteiger partial charge in [-0.25, -0.2) is 4.98 Å². The van der Waals surface area contributed by atoms with Crippen LogP contribution < -0.4 is 0 Å². The predicted octanol–water partition coefficient (Wildman–Crippen LogP) is 6.56. The highest BCUT2D eigenvalue weighted by atomic mass is 35.5. The average molecular weight is 408 g/mol. The second-order valence-corrected chi connectivity index (χ2v) is 7.69. The first kappa shape index (κ1) is 18.1. The van der Waals surface area contributed by atoms with Crippen molar-refractivity contribution in [2.24, 2.45) is 0 Å². The fourth-order valence-electron chi connectivity index (χ4n) is 2.88. The first-order valence-electron chi connectivity index (χ1n) is 8.14. The summed E-state index contributed by atoms with van der Waals surface area (Å²) < 4.78 is 38.8. The molecule has 3 aromatic heterocycles. The Morgan fingerprint density at radius 1 is 1.11 bits per heavy atom. The van der Waals surface area contributed by atoms with Crippen LogP contribution in [0.25, 0.3) is 33.3 Å². The highest BCUT2D eigenvalue weighted by Crippen LogP contribution is 2.35. The summed E-state index contributed by atoms with van der Waals surface area (Å²) in [6.45, 7) is 2.03. The third-order valence-corrected chi connectivity index (χ3v) is 5.24. The zero-order chi connectivity index (χ0) is 19.2. The number of nitrogens with zero attached hydrogens (tertiary/aromatic N) is 2. The molecule has 3 heterocycles. The van der Waals surface area contributed by atoms with Gasteiger partial charge in [-0.3, -0.25) is 4.98 Å². The molecule has 0 spiro atoms. The fourth-order valence-corrected chi connectivity index (χ4v) is 3.87. The summed E-state index contributed by atoms with van der Waals surface area (Å²) in [6.07, 6.45) is -3.59. The predicted molar refractivity (Wildman–Crippen MR) is 103 cm³/mol. The van der Waals surface area contributed by atoms with Crippen molar-refractivity contribution in [3.8, 4) is 11.4 Å². The molecule has 0 unspecified atom stereocenters. The number of alkyl halides is 3. The van der Waals surface area contributed by atoms with Gasteiger partial charge in [-0.2, -0.15) is 13.2 Å². The number of halogens is 4. The Morgan fingerprint density at radius 3 is 2.67 bits per heavy atom. The molecule has 1 N–H and O–H groups in total. The fraction of sp³-hybridized carbons (Fsp3) is 0.158. The van der Waals surface area contributed by atoms with Gasteiger partial charge in [0.05, 0.1) is 27.8 Å². The van der Waals surface area contributed by atoms with Crippen molar-refractivity contribution < 1.29 is 13.2 Å². The molecular formula is C19H13ClF3N3S. The number of fused-ring (bicyclic) bond motifs is 2. The highest BCUT2D eigenvalue weighted by molar-refractivity contribution is 7.99. The number of thioether (sulfide) groups is 1. The molecule has 0 radical (unpaired) electrons. The molecule has 4 rings (SSSR count). The molecule has 0 saturated heterocycles. The van der Waals surface area contributed by atoms with Gasteiger partial charge in [-0.1, -0.05) is 18.5 Å². The molecule has 27 heavy (non-hydrogen) atoms. The second kappa shape index (κ2) is 6.73. The third-order valence-electron chi connectivity index (χ3n) is 4.09. The maximum atomic E-state index is 12.9. The van der Waals surface area contributed by atoms with Crippen molar-refractivity contribution in [3.63, 3.8) is 0 Å². The maximum Gasteiger partial charge on any atom is 0.417 e. The number of hydrogen-bond acceptors (Lipinski definition) is 3. The van der Waals surface area contributed by atoms with Gasteiger partial charge in [0.15, 0.2) is 0 Å². The summed E-state index contributed by atoms with van der Waals surface area (Å²) in [4.78, 5) is 12.6. The van der Waals surface area contributed by atoms with E-state index in [1.165, 1.54) is 0 Å². The summed E-state index contributed by atoms with van der Waals surface area (Å²) in [7, 11) is 0. The van der Waals surface area contributed by atoms with E-state index in [4.69, 9.17) is 16.6 Å². The first-order chi connectivity index (χ1) is 12.8. The van der Waals surface area contributed by atoms with Crippen molar-refractivity contribution >= 4 is 45.3 Å². The number of H-pyrrole nitrogens is 1. The Balaban J connectivity index is 1.89. The van der Waals surface area contributed by atoms with Gasteiger partial charge in [0.1, 0.15) is 5.69 Å². The minimum absolute atomic E-state index is 0.324. The van der Waals surface area contributed by atoms with Crippen LogP contribution in [0.3, 0.4) is 0 Å². The summed E-state index contributed by atoms with van der Waals surface area (Å²) in [5, 5.41) is 1.54. The van der Waals surface area contributed by atoms with Crippen molar-refractivity contribution in [3.05, 3.63) is 53.2 Å². The lowest BCUT2D eigenvalue weighted by Crippen LogP contribution is -2.04. The molecule has 0 bridgehead atoms. The van der Waals surface area contributed by atoms with Crippen molar-refractivity contribution in [1.82, 2.24) is 15.0 Å². The number of hydrogen-bond donors (Lipinski definition) is 1. The highest BCUT2D eigenvalue weighted by Gasteiger charge is 2.31. The Morgan fingerprint density at radius 2 is 1.93 bits per heavy atom. The third kappa shape index (κ3) is 3.49. The zero-order valence-electron chi connectivity index (χ0n) is 14.1. The quantitative estimate of drug-likeness (QED) is 0.391. The SMILES string of the molecule is CCSc1cc2cc(Cl)ccc2nc1-c1cc2ncc(C(F)(F)F)cc2[nH]1. The van der Waals surface area contributed by atoms with E-state index in [2.05, 4.69) is 9.97 Å². The number of nitrogens with one attached hydrogen (secondary N) is 1. The van der Waals surface area contributed by atoms with Crippen LogP contribution in [-0.4, -0.2) is 20.7 Å². The number of aromatic amines is 1. The normalized spacial score (nSPS) is 12.2.